The maximum Gasteiger partial charge on any atom is 0.305 e. The minimum absolute atomic E-state index is 0.141. The summed E-state index contributed by atoms with van der Waals surface area (Å²) in [7, 11) is 1.70. The first-order valence-electron chi connectivity index (χ1n) is 6.51. The van der Waals surface area contributed by atoms with Crippen molar-refractivity contribution in [2.24, 2.45) is 0 Å². The number of carbonyl (C=O) groups is 1. The molecule has 0 saturated carbocycles. The summed E-state index contributed by atoms with van der Waals surface area (Å²) in [6, 6.07) is 9.89. The molecule has 0 fully saturated rings. The Bertz CT molecular complexity index is 390. The number of carboxylic acids is 1. The summed E-state index contributed by atoms with van der Waals surface area (Å²) in [4.78, 5) is 12.8. The van der Waals surface area contributed by atoms with Crippen LogP contribution in [0.15, 0.2) is 30.3 Å². The minimum atomic E-state index is -0.771. The molecule has 0 atom stereocenters. The molecule has 4 heteroatoms. The Kier molecular flexibility index (Phi) is 5.83. The average Bonchev–Trinajstić information content (AvgIpc) is 2.39. The third-order valence-electron chi connectivity index (χ3n) is 3.25. The fourth-order valence-electron chi connectivity index (χ4n) is 1.75. The van der Waals surface area contributed by atoms with Crippen molar-refractivity contribution in [3.8, 4) is 0 Å². The van der Waals surface area contributed by atoms with Gasteiger partial charge in [-0.25, -0.2) is 0 Å². The Labute approximate surface area is 115 Å². The molecule has 1 N–H and O–H groups in total. The minimum Gasteiger partial charge on any atom is -0.481 e. The van der Waals surface area contributed by atoms with Crippen molar-refractivity contribution in [3.05, 3.63) is 30.3 Å². The third kappa shape index (κ3) is 5.75. The monoisotopic (exact) mass is 265 g/mol. The third-order valence-corrected chi connectivity index (χ3v) is 3.25. The van der Waals surface area contributed by atoms with Crippen LogP contribution in [0.1, 0.15) is 26.7 Å². The van der Waals surface area contributed by atoms with E-state index in [-0.39, 0.29) is 12.0 Å². The Hall–Kier alpha value is -1.55. The van der Waals surface area contributed by atoms with Gasteiger partial charge in [0.25, 0.3) is 0 Å². The van der Waals surface area contributed by atoms with Gasteiger partial charge in [-0.1, -0.05) is 18.2 Å². The molecule has 0 aliphatic carbocycles. The van der Waals surface area contributed by atoms with E-state index in [2.05, 4.69) is 4.90 Å². The summed E-state index contributed by atoms with van der Waals surface area (Å²) in [6.07, 6.45) is 0.986. The summed E-state index contributed by atoms with van der Waals surface area (Å²) in [5, 5.41) is 8.83. The molecular formula is C15H23NO3. The Morgan fingerprint density at radius 1 is 1.26 bits per heavy atom. The quantitative estimate of drug-likeness (QED) is 0.785. The van der Waals surface area contributed by atoms with Gasteiger partial charge in [-0.15, -0.1) is 0 Å². The number of hydrogen-bond acceptors (Lipinski definition) is 3. The van der Waals surface area contributed by atoms with E-state index in [4.69, 9.17) is 9.84 Å². The van der Waals surface area contributed by atoms with Gasteiger partial charge in [0, 0.05) is 25.9 Å². The topological polar surface area (TPSA) is 49.8 Å². The number of carboxylic acid groups (broad SMARTS) is 1. The number of aliphatic carboxylic acids is 1. The highest BCUT2D eigenvalue weighted by molar-refractivity contribution is 5.67. The molecule has 1 aromatic rings. The standard InChI is InChI=1S/C15H23NO3/c1-15(2,19-3)10-12-16(11-9-14(17)18)13-7-5-4-6-8-13/h4-8H,9-12H2,1-3H3,(H,17,18). The van der Waals surface area contributed by atoms with Gasteiger partial charge in [0.1, 0.15) is 0 Å². The van der Waals surface area contributed by atoms with Crippen molar-refractivity contribution in [3.63, 3.8) is 0 Å². The van der Waals surface area contributed by atoms with E-state index < -0.39 is 5.97 Å². The summed E-state index contributed by atoms with van der Waals surface area (Å²) >= 11 is 0. The first-order valence-corrected chi connectivity index (χ1v) is 6.51. The Morgan fingerprint density at radius 2 is 1.89 bits per heavy atom. The molecule has 0 amide bonds. The molecule has 0 spiro atoms. The zero-order valence-electron chi connectivity index (χ0n) is 11.9. The van der Waals surface area contributed by atoms with Crippen molar-refractivity contribution < 1.29 is 14.6 Å². The number of benzene rings is 1. The lowest BCUT2D eigenvalue weighted by Gasteiger charge is -2.29. The molecule has 0 aromatic heterocycles. The Balaban J connectivity index is 2.67. The molecule has 0 unspecified atom stereocenters. The van der Waals surface area contributed by atoms with Crippen LogP contribution in [0.2, 0.25) is 0 Å². The molecule has 0 radical (unpaired) electrons. The van der Waals surface area contributed by atoms with Crippen LogP contribution in [-0.2, 0) is 9.53 Å². The van der Waals surface area contributed by atoms with Crippen LogP contribution >= 0.6 is 0 Å². The molecule has 0 saturated heterocycles. The molecule has 106 valence electrons. The lowest BCUT2D eigenvalue weighted by atomic mass is 10.0. The van der Waals surface area contributed by atoms with Crippen LogP contribution in [0, 0.1) is 0 Å². The van der Waals surface area contributed by atoms with Gasteiger partial charge >= 0.3 is 5.97 Å². The number of para-hydroxylation sites is 1. The van der Waals surface area contributed by atoms with Gasteiger partial charge in [-0.3, -0.25) is 4.79 Å². The number of nitrogens with zero attached hydrogens (tertiary/aromatic N) is 1. The van der Waals surface area contributed by atoms with E-state index in [9.17, 15) is 4.79 Å². The van der Waals surface area contributed by atoms with Crippen molar-refractivity contribution in [2.45, 2.75) is 32.3 Å². The average molecular weight is 265 g/mol. The van der Waals surface area contributed by atoms with Crippen molar-refractivity contribution in [1.29, 1.82) is 0 Å². The van der Waals surface area contributed by atoms with Gasteiger partial charge in [0.2, 0.25) is 0 Å². The van der Waals surface area contributed by atoms with E-state index in [1.807, 2.05) is 44.2 Å². The van der Waals surface area contributed by atoms with E-state index >= 15 is 0 Å². The van der Waals surface area contributed by atoms with E-state index in [1.165, 1.54) is 0 Å². The van der Waals surface area contributed by atoms with Crippen LogP contribution < -0.4 is 4.90 Å². The summed E-state index contributed by atoms with van der Waals surface area (Å²) in [5.41, 5.74) is 0.853. The van der Waals surface area contributed by atoms with Gasteiger partial charge in [0.15, 0.2) is 0 Å². The van der Waals surface area contributed by atoms with Crippen LogP contribution in [0.5, 0.6) is 0 Å². The summed E-state index contributed by atoms with van der Waals surface area (Å²) < 4.78 is 5.41. The second kappa shape index (κ2) is 7.14. The Morgan fingerprint density at radius 3 is 2.42 bits per heavy atom. The van der Waals surface area contributed by atoms with Crippen molar-refractivity contribution >= 4 is 11.7 Å². The first kappa shape index (κ1) is 15.5. The highest BCUT2D eigenvalue weighted by atomic mass is 16.5. The fourth-order valence-corrected chi connectivity index (χ4v) is 1.75. The summed E-state index contributed by atoms with van der Waals surface area (Å²) in [5.74, 6) is -0.771. The molecule has 1 rings (SSSR count). The molecule has 19 heavy (non-hydrogen) atoms. The molecule has 0 aliphatic rings. The number of anilines is 1. The zero-order valence-corrected chi connectivity index (χ0v) is 11.9. The largest absolute Gasteiger partial charge is 0.481 e. The van der Waals surface area contributed by atoms with Crippen LogP contribution in [0.3, 0.4) is 0 Å². The first-order chi connectivity index (χ1) is 8.94. The second-order valence-electron chi connectivity index (χ2n) is 5.18. The van der Waals surface area contributed by atoms with E-state index in [0.29, 0.717) is 6.54 Å². The van der Waals surface area contributed by atoms with Crippen molar-refractivity contribution in [1.82, 2.24) is 0 Å². The fraction of sp³-hybridized carbons (Fsp3) is 0.533. The van der Waals surface area contributed by atoms with E-state index in [1.54, 1.807) is 7.11 Å². The molecule has 0 heterocycles. The second-order valence-corrected chi connectivity index (χ2v) is 5.18. The predicted molar refractivity (Wildman–Crippen MR) is 76.6 cm³/mol. The molecule has 0 aliphatic heterocycles. The van der Waals surface area contributed by atoms with Gasteiger partial charge in [-0.2, -0.15) is 0 Å². The lowest BCUT2D eigenvalue weighted by Crippen LogP contribution is -2.33. The van der Waals surface area contributed by atoms with Crippen molar-refractivity contribution in [2.75, 3.05) is 25.1 Å². The highest BCUT2D eigenvalue weighted by Crippen LogP contribution is 2.18. The van der Waals surface area contributed by atoms with Gasteiger partial charge < -0.3 is 14.7 Å². The maximum atomic E-state index is 10.7. The molecular weight excluding hydrogens is 242 g/mol. The van der Waals surface area contributed by atoms with Gasteiger partial charge in [-0.05, 0) is 32.4 Å². The van der Waals surface area contributed by atoms with Crippen LogP contribution in [0.4, 0.5) is 5.69 Å². The molecule has 0 bridgehead atoms. The van der Waals surface area contributed by atoms with E-state index in [0.717, 1.165) is 18.7 Å². The molecule has 4 nitrogen and oxygen atoms in total. The highest BCUT2D eigenvalue weighted by Gasteiger charge is 2.18. The SMILES string of the molecule is COC(C)(C)CCN(CCC(=O)O)c1ccccc1. The maximum absolute atomic E-state index is 10.7. The number of methoxy groups -OCH3 is 1. The predicted octanol–water partition coefficient (Wildman–Crippen LogP) is 2.78. The van der Waals surface area contributed by atoms with Gasteiger partial charge in [0.05, 0.1) is 12.0 Å². The van der Waals surface area contributed by atoms with Crippen LogP contribution in [-0.4, -0.2) is 36.9 Å². The lowest BCUT2D eigenvalue weighted by molar-refractivity contribution is -0.136. The number of hydrogen-bond donors (Lipinski definition) is 1. The van der Waals surface area contributed by atoms with Crippen LogP contribution in [0.25, 0.3) is 0 Å². The summed E-state index contributed by atoms with van der Waals surface area (Å²) in [6.45, 7) is 5.36. The smallest absolute Gasteiger partial charge is 0.305 e. The molecule has 1 aromatic carbocycles. The number of rotatable bonds is 8. The number of ether oxygens (including phenoxy) is 1. The zero-order chi connectivity index (χ0) is 14.3. The normalized spacial score (nSPS) is 11.3.